The Labute approximate surface area is 103 Å². The Balaban J connectivity index is 2.10. The summed E-state index contributed by atoms with van der Waals surface area (Å²) >= 11 is 0. The van der Waals surface area contributed by atoms with Crippen LogP contribution < -0.4 is 5.73 Å². The molecule has 0 spiro atoms. The molecule has 2 rings (SSSR count). The molecule has 1 heterocycles. The van der Waals surface area contributed by atoms with E-state index in [0.29, 0.717) is 18.7 Å². The number of hydrogen-bond acceptors (Lipinski definition) is 4. The van der Waals surface area contributed by atoms with E-state index < -0.39 is 0 Å². The van der Waals surface area contributed by atoms with Gasteiger partial charge < -0.3 is 5.73 Å². The zero-order valence-corrected chi connectivity index (χ0v) is 9.71. The largest absolute Gasteiger partial charge is 0.329 e. The highest BCUT2D eigenvalue weighted by molar-refractivity contribution is 5.95. The van der Waals surface area contributed by atoms with Crippen LogP contribution in [-0.2, 0) is 13.0 Å². The monoisotopic (exact) mass is 248 g/mol. The highest BCUT2D eigenvalue weighted by atomic mass is 19.1. The predicted molar refractivity (Wildman–Crippen MR) is 63.5 cm³/mol. The van der Waals surface area contributed by atoms with Crippen molar-refractivity contribution in [2.75, 3.05) is 6.54 Å². The van der Waals surface area contributed by atoms with Crippen LogP contribution in [0, 0.1) is 5.82 Å². The van der Waals surface area contributed by atoms with E-state index in [4.69, 9.17) is 5.73 Å². The number of nitrogens with two attached hydrogens (primary N) is 1. The minimum Gasteiger partial charge on any atom is -0.329 e. The van der Waals surface area contributed by atoms with E-state index in [1.807, 2.05) is 0 Å². The molecule has 1 aromatic carbocycles. The van der Waals surface area contributed by atoms with Crippen molar-refractivity contribution in [3.05, 3.63) is 47.5 Å². The molecule has 0 saturated heterocycles. The van der Waals surface area contributed by atoms with Gasteiger partial charge in [0.1, 0.15) is 11.5 Å². The molecule has 6 heteroatoms. The van der Waals surface area contributed by atoms with E-state index in [9.17, 15) is 9.18 Å². The summed E-state index contributed by atoms with van der Waals surface area (Å²) in [6.07, 6.45) is 1.50. The lowest BCUT2D eigenvalue weighted by molar-refractivity contribution is 0.0987. The maximum Gasteiger partial charge on any atom is 0.189 e. The molecule has 0 aliphatic heterocycles. The van der Waals surface area contributed by atoms with Crippen molar-refractivity contribution < 1.29 is 9.18 Å². The van der Waals surface area contributed by atoms with Gasteiger partial charge in [-0.25, -0.2) is 4.39 Å². The van der Waals surface area contributed by atoms with E-state index in [1.165, 1.54) is 16.9 Å². The number of carbonyl (C=O) groups excluding carboxylic acids is 1. The van der Waals surface area contributed by atoms with Gasteiger partial charge >= 0.3 is 0 Å². The lowest BCUT2D eigenvalue weighted by Gasteiger charge is -1.99. The molecular formula is C12H13FN4O. The Bertz CT molecular complexity index is 553. The van der Waals surface area contributed by atoms with Gasteiger partial charge in [-0.15, -0.1) is 5.10 Å². The van der Waals surface area contributed by atoms with Crippen molar-refractivity contribution in [2.24, 2.45) is 5.73 Å². The molecule has 2 aromatic rings. The topological polar surface area (TPSA) is 73.8 Å². The van der Waals surface area contributed by atoms with Crippen molar-refractivity contribution in [2.45, 2.75) is 13.0 Å². The molecule has 18 heavy (non-hydrogen) atoms. The van der Waals surface area contributed by atoms with Gasteiger partial charge in [-0.3, -0.25) is 9.48 Å². The highest BCUT2D eigenvalue weighted by Crippen LogP contribution is 2.09. The molecule has 94 valence electrons. The summed E-state index contributed by atoms with van der Waals surface area (Å²) in [6, 6.07) is 6.18. The van der Waals surface area contributed by atoms with E-state index in [1.54, 1.807) is 18.2 Å². The van der Waals surface area contributed by atoms with E-state index in [-0.39, 0.29) is 23.7 Å². The first-order valence-corrected chi connectivity index (χ1v) is 5.57. The summed E-state index contributed by atoms with van der Waals surface area (Å²) in [6.45, 7) is 0.921. The summed E-state index contributed by atoms with van der Waals surface area (Å²) < 4.78 is 14.9. The Hall–Kier alpha value is -2.08. The van der Waals surface area contributed by atoms with Gasteiger partial charge in [0, 0.05) is 13.0 Å². The quantitative estimate of drug-likeness (QED) is 0.794. The molecule has 5 nitrogen and oxygen atoms in total. The third kappa shape index (κ3) is 2.78. The number of nitrogens with zero attached hydrogens (tertiary/aromatic N) is 3. The minimum absolute atomic E-state index is 0.0198. The molecule has 0 amide bonds. The fourth-order valence-corrected chi connectivity index (χ4v) is 1.57. The van der Waals surface area contributed by atoms with Crippen molar-refractivity contribution >= 4 is 5.78 Å². The molecule has 0 unspecified atom stereocenters. The maximum absolute atomic E-state index is 13.4. The SMILES string of the molecule is NCCn1cc(C(=O)Cc2ccccc2F)nn1. The number of ketones is 1. The predicted octanol–water partition coefficient (Wildman–Crippen LogP) is 0.801. The van der Waals surface area contributed by atoms with Gasteiger partial charge in [-0.1, -0.05) is 23.4 Å². The molecule has 0 saturated carbocycles. The van der Waals surface area contributed by atoms with Crippen LogP contribution in [0.5, 0.6) is 0 Å². The summed E-state index contributed by atoms with van der Waals surface area (Å²) in [5.74, 6) is -0.649. The number of halogens is 1. The number of hydrogen-bond donors (Lipinski definition) is 1. The van der Waals surface area contributed by atoms with Gasteiger partial charge in [-0.05, 0) is 11.6 Å². The molecule has 2 N–H and O–H groups in total. The molecular weight excluding hydrogens is 235 g/mol. The van der Waals surface area contributed by atoms with Gasteiger partial charge in [0.25, 0.3) is 0 Å². The van der Waals surface area contributed by atoms with Crippen molar-refractivity contribution in [1.82, 2.24) is 15.0 Å². The van der Waals surface area contributed by atoms with Gasteiger partial charge in [0.2, 0.25) is 0 Å². The van der Waals surface area contributed by atoms with Crippen LogP contribution in [0.4, 0.5) is 4.39 Å². The van der Waals surface area contributed by atoms with Crippen LogP contribution in [-0.4, -0.2) is 27.3 Å². The zero-order chi connectivity index (χ0) is 13.0. The molecule has 0 atom stereocenters. The second-order valence-corrected chi connectivity index (χ2v) is 3.85. The highest BCUT2D eigenvalue weighted by Gasteiger charge is 2.13. The van der Waals surface area contributed by atoms with Crippen LogP contribution in [0.2, 0.25) is 0 Å². The number of carbonyl (C=O) groups is 1. The van der Waals surface area contributed by atoms with E-state index in [2.05, 4.69) is 10.3 Å². The number of aromatic nitrogens is 3. The Kier molecular flexibility index (Phi) is 3.78. The minimum atomic E-state index is -0.389. The standard InChI is InChI=1S/C12H13FN4O/c13-10-4-2-1-3-9(10)7-12(18)11-8-17(6-5-14)16-15-11/h1-4,8H,5-7,14H2. The van der Waals surface area contributed by atoms with Crippen LogP contribution in [0.25, 0.3) is 0 Å². The second kappa shape index (κ2) is 5.50. The lowest BCUT2D eigenvalue weighted by Crippen LogP contribution is -2.10. The zero-order valence-electron chi connectivity index (χ0n) is 9.71. The third-order valence-electron chi connectivity index (χ3n) is 2.49. The summed E-state index contributed by atoms with van der Waals surface area (Å²) in [5.41, 5.74) is 5.95. The first kappa shape index (κ1) is 12.4. The Morgan fingerprint density at radius 1 is 1.39 bits per heavy atom. The number of rotatable bonds is 5. The fourth-order valence-electron chi connectivity index (χ4n) is 1.57. The second-order valence-electron chi connectivity index (χ2n) is 3.85. The van der Waals surface area contributed by atoms with E-state index in [0.717, 1.165) is 0 Å². The smallest absolute Gasteiger partial charge is 0.189 e. The van der Waals surface area contributed by atoms with Crippen molar-refractivity contribution in [3.63, 3.8) is 0 Å². The summed E-state index contributed by atoms with van der Waals surface area (Å²) in [5, 5.41) is 7.51. The number of Topliss-reactive ketones (excluding diaryl/α,β-unsaturated/α-hetero) is 1. The van der Waals surface area contributed by atoms with Crippen LogP contribution in [0.15, 0.2) is 30.5 Å². The Morgan fingerprint density at radius 3 is 2.89 bits per heavy atom. The Morgan fingerprint density at radius 2 is 2.17 bits per heavy atom. The lowest BCUT2D eigenvalue weighted by atomic mass is 10.1. The molecule has 0 fully saturated rings. The number of benzene rings is 1. The molecule has 1 aromatic heterocycles. The average molecular weight is 248 g/mol. The fraction of sp³-hybridized carbons (Fsp3) is 0.250. The van der Waals surface area contributed by atoms with Crippen LogP contribution in [0.1, 0.15) is 16.1 Å². The van der Waals surface area contributed by atoms with Crippen molar-refractivity contribution in [3.8, 4) is 0 Å². The first-order chi connectivity index (χ1) is 8.70. The first-order valence-electron chi connectivity index (χ1n) is 5.57. The molecule has 0 aliphatic rings. The van der Waals surface area contributed by atoms with Gasteiger partial charge in [-0.2, -0.15) is 0 Å². The molecule has 0 bridgehead atoms. The third-order valence-corrected chi connectivity index (χ3v) is 2.49. The van der Waals surface area contributed by atoms with Gasteiger partial charge in [0.15, 0.2) is 5.78 Å². The molecule has 0 radical (unpaired) electrons. The van der Waals surface area contributed by atoms with Crippen molar-refractivity contribution in [1.29, 1.82) is 0 Å². The van der Waals surface area contributed by atoms with E-state index >= 15 is 0 Å². The van der Waals surface area contributed by atoms with Crippen LogP contribution >= 0.6 is 0 Å². The summed E-state index contributed by atoms with van der Waals surface area (Å²) in [4.78, 5) is 11.9. The molecule has 0 aliphatic carbocycles. The maximum atomic E-state index is 13.4. The van der Waals surface area contributed by atoms with Gasteiger partial charge in [0.05, 0.1) is 12.7 Å². The normalized spacial score (nSPS) is 10.6. The summed E-state index contributed by atoms with van der Waals surface area (Å²) in [7, 11) is 0. The average Bonchev–Trinajstić information content (AvgIpc) is 2.81. The van der Waals surface area contributed by atoms with Crippen LogP contribution in [0.3, 0.4) is 0 Å².